The normalized spacial score (nSPS) is 17.0. The number of carboxylic acid groups (broad SMARTS) is 1. The molecule has 0 radical (unpaired) electrons. The lowest BCUT2D eigenvalue weighted by molar-refractivity contribution is -0.139. The summed E-state index contributed by atoms with van der Waals surface area (Å²) in [4.78, 5) is 52.8. The van der Waals surface area contributed by atoms with Gasteiger partial charge in [-0.3, -0.25) is 15.0 Å². The third-order valence-electron chi connectivity index (χ3n) is 13.3. The highest BCUT2D eigenvalue weighted by Gasteiger charge is 2.42. The van der Waals surface area contributed by atoms with Gasteiger partial charge in [-0.15, -0.1) is 0 Å². The second kappa shape index (κ2) is 18.0. The number of aryl methyl sites for hydroxylation is 4. The Morgan fingerprint density at radius 1 is 0.677 bits per heavy atom. The predicted molar refractivity (Wildman–Crippen MR) is 248 cm³/mol. The van der Waals surface area contributed by atoms with Gasteiger partial charge in [-0.25, -0.2) is 19.3 Å². The van der Waals surface area contributed by atoms with E-state index in [1.165, 1.54) is 49.4 Å². The van der Waals surface area contributed by atoms with Gasteiger partial charge in [-0.05, 0) is 157 Å². The summed E-state index contributed by atoms with van der Waals surface area (Å²) in [5.74, 6) is 0.324. The number of aromatic amines is 2. The van der Waals surface area contributed by atoms with Gasteiger partial charge in [0, 0.05) is 42.0 Å². The smallest absolute Gasteiger partial charge is 0.329 e. The van der Waals surface area contributed by atoms with Gasteiger partial charge in [0.1, 0.15) is 23.7 Å². The van der Waals surface area contributed by atoms with Crippen LogP contribution in [0.25, 0.3) is 0 Å². The number of benzene rings is 4. The Balaban J connectivity index is 0.000000153. The molecule has 8 N–H and O–H groups in total. The number of amides is 5. The Morgan fingerprint density at radius 3 is 1.74 bits per heavy atom. The molecule has 5 aliphatic rings. The van der Waals surface area contributed by atoms with Crippen molar-refractivity contribution in [1.82, 2.24) is 31.0 Å². The van der Waals surface area contributed by atoms with E-state index in [0.29, 0.717) is 6.42 Å². The summed E-state index contributed by atoms with van der Waals surface area (Å²) >= 11 is 0. The quantitative estimate of drug-likeness (QED) is 0.0565. The first-order valence-electron chi connectivity index (χ1n) is 22.7. The van der Waals surface area contributed by atoms with Crippen molar-refractivity contribution < 1.29 is 24.3 Å². The van der Waals surface area contributed by atoms with Crippen molar-refractivity contribution in [2.45, 2.75) is 102 Å². The SMILES string of the molecule is O=C(Nc1c2c(cc3c1CCC3)CCC2)N[C@H](Cc1cccc(Nc2ccn[nH]2)c1)C(=O)O.O=C1NC(Cc2cccc(Nc3ccn[nH]3)c2)C(=O)N1c1c2c(cc3c1CCC3)CCC2. The van der Waals surface area contributed by atoms with Gasteiger partial charge in [0.05, 0.1) is 18.1 Å². The molecule has 0 bridgehead atoms. The van der Waals surface area contributed by atoms with E-state index in [4.69, 9.17) is 0 Å². The largest absolute Gasteiger partial charge is 0.480 e. The van der Waals surface area contributed by atoms with Crippen LogP contribution in [0.15, 0.2) is 85.2 Å². The Kier molecular flexibility index (Phi) is 11.5. The molecule has 0 spiro atoms. The first kappa shape index (κ1) is 41.6. The number of rotatable bonds is 12. The molecule has 5 amide bonds. The van der Waals surface area contributed by atoms with E-state index in [1.807, 2.05) is 54.6 Å². The molecule has 6 aromatic rings. The molecule has 3 heterocycles. The van der Waals surface area contributed by atoms with Gasteiger partial charge in [-0.1, -0.05) is 36.4 Å². The molecule has 0 saturated carbocycles. The van der Waals surface area contributed by atoms with E-state index in [9.17, 15) is 24.3 Å². The van der Waals surface area contributed by atoms with Crippen LogP contribution in [-0.4, -0.2) is 61.5 Å². The van der Waals surface area contributed by atoms with Crippen LogP contribution in [0.2, 0.25) is 0 Å². The second-order valence-electron chi connectivity index (χ2n) is 17.6. The van der Waals surface area contributed by atoms with Crippen molar-refractivity contribution in [1.29, 1.82) is 0 Å². The van der Waals surface area contributed by atoms with Gasteiger partial charge >= 0.3 is 18.0 Å². The third-order valence-corrected chi connectivity index (χ3v) is 13.3. The number of anilines is 6. The topological polar surface area (TPSA) is 209 Å². The lowest BCUT2D eigenvalue weighted by Crippen LogP contribution is -2.44. The Morgan fingerprint density at radius 2 is 1.20 bits per heavy atom. The van der Waals surface area contributed by atoms with Crippen molar-refractivity contribution >= 4 is 58.3 Å². The van der Waals surface area contributed by atoms with E-state index in [-0.39, 0.29) is 18.4 Å². The van der Waals surface area contributed by atoms with Crippen molar-refractivity contribution in [2.24, 2.45) is 0 Å². The van der Waals surface area contributed by atoms with E-state index in [1.54, 1.807) is 18.5 Å². The van der Waals surface area contributed by atoms with Crippen molar-refractivity contribution in [3.63, 3.8) is 0 Å². The highest BCUT2D eigenvalue weighted by molar-refractivity contribution is 6.22. The highest BCUT2D eigenvalue weighted by Crippen LogP contribution is 2.42. The second-order valence-corrected chi connectivity index (χ2v) is 17.6. The zero-order valence-corrected chi connectivity index (χ0v) is 36.1. The average molecular weight is 873 g/mol. The van der Waals surface area contributed by atoms with Crippen molar-refractivity contribution in [3.05, 3.63) is 141 Å². The van der Waals surface area contributed by atoms with E-state index in [2.05, 4.69) is 59.1 Å². The molecular formula is C50H52N10O5. The maximum Gasteiger partial charge on any atom is 0.329 e. The van der Waals surface area contributed by atoms with Crippen LogP contribution in [0.5, 0.6) is 0 Å². The molecule has 2 aromatic heterocycles. The zero-order chi connectivity index (χ0) is 44.4. The number of H-pyrrole nitrogens is 2. The first-order chi connectivity index (χ1) is 31.7. The van der Waals surface area contributed by atoms with Gasteiger partial charge in [0.15, 0.2) is 0 Å². The lowest BCUT2D eigenvalue weighted by atomic mass is 9.97. The number of imide groups is 1. The van der Waals surface area contributed by atoms with Crippen LogP contribution in [0, 0.1) is 0 Å². The minimum Gasteiger partial charge on any atom is -0.480 e. The van der Waals surface area contributed by atoms with Gasteiger partial charge in [0.25, 0.3) is 5.91 Å². The number of aliphatic carboxylic acids is 1. The molecule has 15 heteroatoms. The molecule has 1 saturated heterocycles. The number of carboxylic acids is 1. The fourth-order valence-electron chi connectivity index (χ4n) is 10.4. The summed E-state index contributed by atoms with van der Waals surface area (Å²) in [6, 6.07) is 21.3. The Hall–Kier alpha value is -7.42. The summed E-state index contributed by atoms with van der Waals surface area (Å²) in [6.45, 7) is 0. The number of hydrogen-bond acceptors (Lipinski definition) is 8. The summed E-state index contributed by atoms with van der Waals surface area (Å²) in [6.07, 6.45) is 16.3. The number of carbonyl (C=O) groups excluding carboxylic acids is 3. The molecule has 65 heavy (non-hydrogen) atoms. The van der Waals surface area contributed by atoms with Gasteiger partial charge in [0.2, 0.25) is 0 Å². The molecule has 1 aliphatic heterocycles. The number of nitrogens with zero attached hydrogens (tertiary/aromatic N) is 3. The number of carbonyl (C=O) groups is 4. The number of urea groups is 2. The molecule has 1 unspecified atom stereocenters. The van der Waals surface area contributed by atoms with Crippen LogP contribution >= 0.6 is 0 Å². The Bertz CT molecular complexity index is 2720. The molecular weight excluding hydrogens is 821 g/mol. The highest BCUT2D eigenvalue weighted by atomic mass is 16.4. The molecule has 2 atom stereocenters. The minimum atomic E-state index is -1.07. The number of fused-ring (bicyclic) bond motifs is 4. The minimum absolute atomic E-state index is 0.142. The van der Waals surface area contributed by atoms with Crippen LogP contribution in [0.1, 0.15) is 81.3 Å². The van der Waals surface area contributed by atoms with E-state index >= 15 is 0 Å². The first-order valence-corrected chi connectivity index (χ1v) is 22.7. The van der Waals surface area contributed by atoms with Crippen molar-refractivity contribution in [3.8, 4) is 0 Å². The lowest BCUT2D eigenvalue weighted by Gasteiger charge is -2.21. The van der Waals surface area contributed by atoms with Gasteiger partial charge < -0.3 is 31.7 Å². The summed E-state index contributed by atoms with van der Waals surface area (Å²) < 4.78 is 0. The predicted octanol–water partition coefficient (Wildman–Crippen LogP) is 7.75. The van der Waals surface area contributed by atoms with Gasteiger partial charge in [-0.2, -0.15) is 10.2 Å². The molecule has 11 rings (SSSR count). The molecule has 332 valence electrons. The summed E-state index contributed by atoms with van der Waals surface area (Å²) in [7, 11) is 0. The monoisotopic (exact) mass is 872 g/mol. The number of nitrogens with one attached hydrogen (secondary N) is 7. The van der Waals surface area contributed by atoms with Crippen LogP contribution in [-0.2, 0) is 73.8 Å². The average Bonchev–Trinajstić information content (AvgIpc) is 4.15. The van der Waals surface area contributed by atoms with Crippen molar-refractivity contribution in [2.75, 3.05) is 20.9 Å². The maximum atomic E-state index is 13.5. The maximum absolute atomic E-state index is 13.5. The summed E-state index contributed by atoms with van der Waals surface area (Å²) in [5, 5.41) is 38.4. The zero-order valence-electron chi connectivity index (χ0n) is 36.1. The van der Waals surface area contributed by atoms with E-state index in [0.717, 1.165) is 123 Å². The van der Waals surface area contributed by atoms with Crippen LogP contribution in [0.3, 0.4) is 0 Å². The fraction of sp³-hybridized carbons (Fsp3) is 0.320. The fourth-order valence-corrected chi connectivity index (χ4v) is 10.4. The third kappa shape index (κ3) is 8.78. The molecule has 4 aliphatic carbocycles. The standard InChI is InChI=1S/C25H27N5O3.C25H25N5O2/c31-24(32)21(13-15-4-1-7-18(12-15)27-22-10-11-26-30-22)28-25(33)29-23-19-8-2-5-16(19)14-17-6-3-9-20(17)23;31-24-21(13-15-4-1-7-18(12-15)27-22-10-11-26-29-22)28-25(32)30(24)23-19-8-2-5-16(19)14-17-6-3-9-20(17)23/h1,4,7,10-12,14,21H,2-3,5-6,8-9,13H2,(H,31,32)(H2,26,27,30)(H2,28,29,33);1,4,7,10-12,14,21H,2-3,5-6,8-9,13H2,(H,28,32)(H2,26,27,29)/t21-;/m1./s1. The van der Waals surface area contributed by atoms with Crippen LogP contribution in [0.4, 0.5) is 44.0 Å². The van der Waals surface area contributed by atoms with E-state index < -0.39 is 24.1 Å². The summed E-state index contributed by atoms with van der Waals surface area (Å²) in [5.41, 5.74) is 15.4. The Labute approximate surface area is 376 Å². The number of hydrogen-bond donors (Lipinski definition) is 8. The molecule has 4 aromatic carbocycles. The van der Waals surface area contributed by atoms with Crippen LogP contribution < -0.4 is 31.5 Å². The molecule has 15 nitrogen and oxygen atoms in total. The number of aromatic nitrogens is 4. The molecule has 1 fully saturated rings.